The zero-order valence-electron chi connectivity index (χ0n) is 35.7. The minimum atomic E-state index is -0.730. The van der Waals surface area contributed by atoms with Crippen LogP contribution < -0.4 is 11.5 Å². The van der Waals surface area contributed by atoms with Crippen LogP contribution in [0.1, 0.15) is 182 Å². The minimum absolute atomic E-state index is 0.0327. The predicted octanol–water partition coefficient (Wildman–Crippen LogP) is 10.2. The maximum atomic E-state index is 14.4. The summed E-state index contributed by atoms with van der Waals surface area (Å²) >= 11 is 0. The van der Waals surface area contributed by atoms with Gasteiger partial charge >= 0.3 is 0 Å². The summed E-state index contributed by atoms with van der Waals surface area (Å²) in [7, 11) is 0. The average Bonchev–Trinajstić information content (AvgIpc) is 3.16. The van der Waals surface area contributed by atoms with Gasteiger partial charge in [-0.05, 0) is 92.5 Å². The molecule has 8 heteroatoms. The molecule has 0 radical (unpaired) electrons. The van der Waals surface area contributed by atoms with Crippen molar-refractivity contribution in [3.05, 3.63) is 46.5 Å². The molecule has 0 saturated heterocycles. The Kier molecular flexibility index (Phi) is 25.3. The number of nitrogens with two attached hydrogens (primary N) is 2. The van der Waals surface area contributed by atoms with Crippen LogP contribution in [0.2, 0.25) is 0 Å². The first-order valence-corrected chi connectivity index (χ1v) is 21.7. The lowest BCUT2D eigenvalue weighted by Gasteiger charge is -2.28. The van der Waals surface area contributed by atoms with E-state index in [2.05, 4.69) is 41.5 Å². The van der Waals surface area contributed by atoms with Gasteiger partial charge in [-0.25, -0.2) is 0 Å². The molecule has 54 heavy (non-hydrogen) atoms. The van der Waals surface area contributed by atoms with Crippen molar-refractivity contribution in [2.24, 2.45) is 23.3 Å². The van der Waals surface area contributed by atoms with Crippen molar-refractivity contribution in [3.63, 3.8) is 0 Å². The van der Waals surface area contributed by atoms with Crippen molar-refractivity contribution < 1.29 is 19.2 Å². The highest BCUT2D eigenvalue weighted by Gasteiger charge is 2.30. The molecule has 0 aliphatic heterocycles. The van der Waals surface area contributed by atoms with Crippen LogP contribution in [-0.4, -0.2) is 59.6 Å². The maximum absolute atomic E-state index is 14.4. The first-order valence-electron chi connectivity index (χ1n) is 21.7. The monoisotopic (exact) mass is 751 g/mol. The Balaban J connectivity index is 4.03. The van der Waals surface area contributed by atoms with Crippen LogP contribution in [0.5, 0.6) is 0 Å². The van der Waals surface area contributed by atoms with Gasteiger partial charge in [0, 0.05) is 26.2 Å². The van der Waals surface area contributed by atoms with E-state index in [4.69, 9.17) is 11.5 Å². The second-order valence-electron chi connectivity index (χ2n) is 15.2. The van der Waals surface area contributed by atoms with Crippen LogP contribution in [0, 0.1) is 11.8 Å². The summed E-state index contributed by atoms with van der Waals surface area (Å²) in [5.74, 6) is -1.44. The second kappa shape index (κ2) is 28.1. The van der Waals surface area contributed by atoms with Gasteiger partial charge in [-0.3, -0.25) is 19.2 Å². The summed E-state index contributed by atoms with van der Waals surface area (Å²) in [4.78, 5) is 59.1. The first-order chi connectivity index (χ1) is 26.0. The maximum Gasteiger partial charge on any atom is 0.259 e. The third-order valence-corrected chi connectivity index (χ3v) is 11.0. The van der Waals surface area contributed by atoms with E-state index in [1.54, 1.807) is 9.80 Å². The molecule has 1 aromatic carbocycles. The molecule has 4 N–H and O–H groups in total. The van der Waals surface area contributed by atoms with Gasteiger partial charge in [0.2, 0.25) is 0 Å². The van der Waals surface area contributed by atoms with E-state index in [0.29, 0.717) is 73.1 Å². The Morgan fingerprint density at radius 1 is 0.537 bits per heavy atom. The number of hydrogen-bond acceptors (Lipinski definition) is 4. The zero-order chi connectivity index (χ0) is 40.5. The van der Waals surface area contributed by atoms with Gasteiger partial charge in [-0.2, -0.15) is 0 Å². The molecule has 1 rings (SSSR count). The van der Waals surface area contributed by atoms with Crippen molar-refractivity contribution in [2.75, 3.05) is 26.2 Å². The van der Waals surface area contributed by atoms with Crippen LogP contribution in [0.3, 0.4) is 0 Å². The van der Waals surface area contributed by atoms with Crippen LogP contribution in [0.15, 0.2) is 35.4 Å². The van der Waals surface area contributed by atoms with E-state index in [1.165, 1.54) is 0 Å². The molecule has 306 valence electrons. The molecule has 1 aromatic rings. The minimum Gasteiger partial charge on any atom is -0.365 e. The number of hydrogen-bond donors (Lipinski definition) is 2. The Bertz CT molecular complexity index is 1250. The van der Waals surface area contributed by atoms with Gasteiger partial charge in [-0.1, -0.05) is 137 Å². The summed E-state index contributed by atoms with van der Waals surface area (Å²) < 4.78 is 0. The number of unbranched alkanes of at least 4 members (excludes halogenated alkanes) is 8. The zero-order valence-corrected chi connectivity index (χ0v) is 35.7. The molecule has 0 bridgehead atoms. The third kappa shape index (κ3) is 16.1. The van der Waals surface area contributed by atoms with Crippen LogP contribution >= 0.6 is 0 Å². The number of rotatable bonds is 30. The van der Waals surface area contributed by atoms with E-state index >= 15 is 0 Å². The first kappa shape index (κ1) is 48.6. The number of primary amides is 2. The quantitative estimate of drug-likeness (QED) is 0.0351. The number of carbonyl (C=O) groups is 4. The van der Waals surface area contributed by atoms with Gasteiger partial charge in [0.15, 0.2) is 0 Å². The highest BCUT2D eigenvalue weighted by atomic mass is 16.2. The molecule has 0 aromatic heterocycles. The lowest BCUT2D eigenvalue weighted by Crippen LogP contribution is -2.39. The van der Waals surface area contributed by atoms with Crippen LogP contribution in [0.25, 0.3) is 11.1 Å². The second-order valence-corrected chi connectivity index (χ2v) is 15.2. The molecule has 2 unspecified atom stereocenters. The van der Waals surface area contributed by atoms with E-state index in [9.17, 15) is 19.2 Å². The van der Waals surface area contributed by atoms with Gasteiger partial charge in [0.05, 0.1) is 0 Å². The van der Waals surface area contributed by atoms with Gasteiger partial charge in [0.25, 0.3) is 23.6 Å². The van der Waals surface area contributed by atoms with E-state index < -0.39 is 11.8 Å². The van der Waals surface area contributed by atoms with Gasteiger partial charge in [0.1, 0.15) is 11.1 Å². The summed E-state index contributed by atoms with van der Waals surface area (Å²) in [6.45, 7) is 19.0. The number of allylic oxidation sites excluding steroid dienone is 2. The molecule has 0 saturated carbocycles. The molecule has 0 spiro atoms. The Morgan fingerprint density at radius 2 is 0.907 bits per heavy atom. The van der Waals surface area contributed by atoms with Gasteiger partial charge in [-0.15, -0.1) is 0 Å². The van der Waals surface area contributed by atoms with Crippen molar-refractivity contribution >= 4 is 34.8 Å². The number of carbonyl (C=O) groups excluding carboxylic acids is 4. The molecular weight excluding hydrogens is 673 g/mol. The van der Waals surface area contributed by atoms with Crippen LogP contribution in [0.4, 0.5) is 0 Å². The largest absolute Gasteiger partial charge is 0.365 e. The average molecular weight is 751 g/mol. The fraction of sp³-hybridized carbons (Fsp3) is 0.696. The molecule has 2 atom stereocenters. The van der Waals surface area contributed by atoms with Crippen molar-refractivity contribution in [3.8, 4) is 0 Å². The lowest BCUT2D eigenvalue weighted by molar-refractivity contribution is -0.131. The topological polar surface area (TPSA) is 127 Å². The number of nitrogens with zero attached hydrogens (tertiary/aromatic N) is 2. The van der Waals surface area contributed by atoms with E-state index in [1.807, 2.05) is 38.1 Å². The smallest absolute Gasteiger partial charge is 0.259 e. The number of benzene rings is 1. The highest BCUT2D eigenvalue weighted by Crippen LogP contribution is 2.33. The molecule has 4 amide bonds. The fourth-order valence-electron chi connectivity index (χ4n) is 7.43. The summed E-state index contributed by atoms with van der Waals surface area (Å²) in [6.07, 6.45) is 17.1. The molecule has 0 heterocycles. The van der Waals surface area contributed by atoms with Crippen LogP contribution in [-0.2, 0) is 19.2 Å². The molecule has 0 aliphatic rings. The molecule has 0 fully saturated rings. The number of amides is 4. The summed E-state index contributed by atoms with van der Waals surface area (Å²) in [5, 5.41) is 0. The normalized spacial score (nSPS) is 13.5. The SMILES string of the molecule is CCCCCCC(=C(C(N)=O)C(=O)N(CC)CC(CC)CCCC)c1cccc(C(CCCCCC)=C(C(N)=O)C(=O)N(CC)CC(CC)CCCC)c1. The standard InChI is InChI=1S/C46H78N4O4/c1-9-17-21-23-30-39(41(43(47)51)45(53)49(15-7)33-35(13-5)26-19-11-3)37-28-25-29-38(32-37)40(31-24-22-18-10-2)42(44(48)52)46(54)50(16-8)34-36(14-6)27-20-12-4/h25,28-29,32,35-36H,9-24,26-27,30-31,33-34H2,1-8H3,(H2,47,51)(H2,48,52). The van der Waals surface area contributed by atoms with Crippen molar-refractivity contribution in [1.29, 1.82) is 0 Å². The molecule has 0 aliphatic carbocycles. The van der Waals surface area contributed by atoms with E-state index in [-0.39, 0.29) is 23.0 Å². The van der Waals surface area contributed by atoms with Gasteiger partial charge < -0.3 is 21.3 Å². The Hall–Kier alpha value is -3.42. The Morgan fingerprint density at radius 3 is 1.20 bits per heavy atom. The van der Waals surface area contributed by atoms with Crippen molar-refractivity contribution in [2.45, 2.75) is 171 Å². The van der Waals surface area contributed by atoms with Crippen molar-refractivity contribution in [1.82, 2.24) is 9.80 Å². The fourth-order valence-corrected chi connectivity index (χ4v) is 7.43. The summed E-state index contributed by atoms with van der Waals surface area (Å²) in [5.41, 5.74) is 15.0. The number of likely N-dealkylation sites (N-methyl/N-ethyl adjacent to an activating group) is 2. The lowest BCUT2D eigenvalue weighted by atomic mass is 9.88. The highest BCUT2D eigenvalue weighted by molar-refractivity contribution is 6.24. The molecular formula is C46H78N4O4. The third-order valence-electron chi connectivity index (χ3n) is 11.0. The molecule has 8 nitrogen and oxygen atoms in total. The Labute approximate surface area is 329 Å². The summed E-state index contributed by atoms with van der Waals surface area (Å²) in [6, 6.07) is 7.66. The predicted molar refractivity (Wildman–Crippen MR) is 227 cm³/mol. The van der Waals surface area contributed by atoms with E-state index in [0.717, 1.165) is 103 Å².